The fourth-order valence-corrected chi connectivity index (χ4v) is 4.11. The maximum atomic E-state index is 9.00. The van der Waals surface area contributed by atoms with Gasteiger partial charge < -0.3 is 9.80 Å². The van der Waals surface area contributed by atoms with Gasteiger partial charge in [-0.2, -0.15) is 5.26 Å². The minimum atomic E-state index is 0.465. The van der Waals surface area contributed by atoms with Crippen molar-refractivity contribution in [3.63, 3.8) is 0 Å². The zero-order valence-corrected chi connectivity index (χ0v) is 13.5. The summed E-state index contributed by atoms with van der Waals surface area (Å²) in [5.74, 6) is 0. The van der Waals surface area contributed by atoms with Crippen LogP contribution in [0.15, 0.2) is 18.2 Å². The summed E-state index contributed by atoms with van der Waals surface area (Å²) < 4.78 is 0. The number of likely N-dealkylation sites (tertiary alicyclic amines) is 1. The van der Waals surface area contributed by atoms with Crippen molar-refractivity contribution in [2.75, 3.05) is 31.6 Å². The third kappa shape index (κ3) is 2.75. The van der Waals surface area contributed by atoms with Gasteiger partial charge in [0.1, 0.15) is 6.07 Å². The van der Waals surface area contributed by atoms with E-state index in [-0.39, 0.29) is 0 Å². The molecule has 0 aliphatic carbocycles. The number of rotatable bonds is 1. The van der Waals surface area contributed by atoms with E-state index in [1.165, 1.54) is 32.4 Å². The van der Waals surface area contributed by atoms with Gasteiger partial charge >= 0.3 is 0 Å². The third-order valence-electron chi connectivity index (χ3n) is 5.22. The van der Waals surface area contributed by atoms with Crippen LogP contribution in [0, 0.1) is 16.7 Å². The largest absolute Gasteiger partial charge is 0.368 e. The lowest BCUT2D eigenvalue weighted by molar-refractivity contribution is 0.139. The summed E-state index contributed by atoms with van der Waals surface area (Å²) in [4.78, 5) is 4.90. The van der Waals surface area contributed by atoms with Gasteiger partial charge in [-0.15, -0.1) is 0 Å². The van der Waals surface area contributed by atoms with Crippen molar-refractivity contribution in [3.8, 4) is 6.07 Å². The number of anilines is 1. The van der Waals surface area contributed by atoms with Crippen molar-refractivity contribution >= 4 is 17.3 Å². The van der Waals surface area contributed by atoms with E-state index in [0.717, 1.165) is 12.2 Å². The highest BCUT2D eigenvalue weighted by molar-refractivity contribution is 6.32. The molecule has 1 atom stereocenters. The number of benzene rings is 1. The summed E-state index contributed by atoms with van der Waals surface area (Å²) >= 11 is 6.20. The summed E-state index contributed by atoms with van der Waals surface area (Å²) in [6.45, 7) is 5.83. The molecule has 0 unspecified atom stereocenters. The smallest absolute Gasteiger partial charge is 0.101 e. The number of halogens is 1. The average Bonchev–Trinajstić information content (AvgIpc) is 2.79. The maximum Gasteiger partial charge on any atom is 0.101 e. The molecule has 2 heterocycles. The van der Waals surface area contributed by atoms with E-state index < -0.39 is 0 Å². The van der Waals surface area contributed by atoms with E-state index >= 15 is 0 Å². The first-order valence-electron chi connectivity index (χ1n) is 7.68. The van der Waals surface area contributed by atoms with Crippen molar-refractivity contribution in [3.05, 3.63) is 28.8 Å². The van der Waals surface area contributed by atoms with E-state index in [0.29, 0.717) is 22.0 Å². The molecule has 21 heavy (non-hydrogen) atoms. The number of hydrogen-bond acceptors (Lipinski definition) is 3. The molecule has 0 saturated carbocycles. The molecule has 1 aromatic carbocycles. The van der Waals surface area contributed by atoms with Crippen molar-refractivity contribution < 1.29 is 0 Å². The quantitative estimate of drug-likeness (QED) is 0.795. The molecule has 0 amide bonds. The number of piperidine rings is 1. The Kier molecular flexibility index (Phi) is 3.86. The lowest BCUT2D eigenvalue weighted by Crippen LogP contribution is -2.39. The highest BCUT2D eigenvalue weighted by atomic mass is 35.5. The Balaban J connectivity index is 1.81. The predicted molar refractivity (Wildman–Crippen MR) is 86.8 cm³/mol. The summed E-state index contributed by atoms with van der Waals surface area (Å²) in [6.07, 6.45) is 3.83. The van der Waals surface area contributed by atoms with Crippen LogP contribution in [0.4, 0.5) is 5.69 Å². The normalized spacial score (nSPS) is 25.2. The first-order chi connectivity index (χ1) is 10.0. The van der Waals surface area contributed by atoms with Crippen molar-refractivity contribution in [1.29, 1.82) is 5.26 Å². The molecule has 3 nitrogen and oxygen atoms in total. The molecule has 1 aromatic rings. The second kappa shape index (κ2) is 5.51. The monoisotopic (exact) mass is 303 g/mol. The Morgan fingerprint density at radius 1 is 1.33 bits per heavy atom. The van der Waals surface area contributed by atoms with Crippen molar-refractivity contribution in [2.45, 2.75) is 32.2 Å². The van der Waals surface area contributed by atoms with Gasteiger partial charge in [-0.3, -0.25) is 0 Å². The number of hydrogen-bond donors (Lipinski definition) is 0. The first-order valence-corrected chi connectivity index (χ1v) is 8.06. The summed E-state index contributed by atoms with van der Waals surface area (Å²) in [5.41, 5.74) is 2.18. The summed E-state index contributed by atoms with van der Waals surface area (Å²) in [7, 11) is 2.21. The number of nitrogens with zero attached hydrogens (tertiary/aromatic N) is 3. The molecule has 2 aliphatic heterocycles. The summed E-state index contributed by atoms with van der Waals surface area (Å²) in [5, 5.41) is 9.56. The van der Waals surface area contributed by atoms with Gasteiger partial charge in [-0.25, -0.2) is 0 Å². The molecule has 2 saturated heterocycles. The lowest BCUT2D eigenvalue weighted by Gasteiger charge is -2.37. The predicted octanol–water partition coefficient (Wildman–Crippen LogP) is 3.52. The summed E-state index contributed by atoms with van der Waals surface area (Å²) in [6, 6.07) is 8.49. The van der Waals surface area contributed by atoms with Gasteiger partial charge in [0.2, 0.25) is 0 Å². The van der Waals surface area contributed by atoms with E-state index in [2.05, 4.69) is 29.8 Å². The van der Waals surface area contributed by atoms with Crippen molar-refractivity contribution in [1.82, 2.24) is 4.90 Å². The molecule has 1 spiro atoms. The standard InChI is InChI=1S/C17H22ClN3/c1-13-10-17(5-7-20(2)8-6-17)12-21(13)15-4-3-14(11-19)16(18)9-15/h3-4,9,13H,5-8,10,12H2,1-2H3/t13-/m0/s1. The Labute approximate surface area is 132 Å². The van der Waals surface area contributed by atoms with Crippen LogP contribution in [0.25, 0.3) is 0 Å². The molecular formula is C17H22ClN3. The zero-order valence-electron chi connectivity index (χ0n) is 12.8. The van der Waals surface area contributed by atoms with E-state index in [4.69, 9.17) is 16.9 Å². The van der Waals surface area contributed by atoms with Gasteiger partial charge in [-0.1, -0.05) is 11.6 Å². The molecule has 4 heteroatoms. The van der Waals surface area contributed by atoms with Gasteiger partial charge in [0.15, 0.2) is 0 Å². The fraction of sp³-hybridized carbons (Fsp3) is 0.588. The second-order valence-electron chi connectivity index (χ2n) is 6.76. The van der Waals surface area contributed by atoms with Crippen LogP contribution in [0.1, 0.15) is 31.7 Å². The Morgan fingerprint density at radius 3 is 2.67 bits per heavy atom. The van der Waals surface area contributed by atoms with Crippen LogP contribution < -0.4 is 4.90 Å². The molecular weight excluding hydrogens is 282 g/mol. The van der Waals surface area contributed by atoms with Crippen LogP contribution in [-0.4, -0.2) is 37.6 Å². The van der Waals surface area contributed by atoms with Crippen LogP contribution in [0.3, 0.4) is 0 Å². The minimum absolute atomic E-state index is 0.465. The van der Waals surface area contributed by atoms with Crippen molar-refractivity contribution in [2.24, 2.45) is 5.41 Å². The highest BCUT2D eigenvalue weighted by Crippen LogP contribution is 2.45. The van der Waals surface area contributed by atoms with E-state index in [1.54, 1.807) is 0 Å². The first kappa shape index (κ1) is 14.7. The van der Waals surface area contributed by atoms with Gasteiger partial charge in [0, 0.05) is 18.3 Å². The van der Waals surface area contributed by atoms with Gasteiger partial charge in [0.25, 0.3) is 0 Å². The third-order valence-corrected chi connectivity index (χ3v) is 5.53. The topological polar surface area (TPSA) is 30.3 Å². The highest BCUT2D eigenvalue weighted by Gasteiger charge is 2.43. The van der Waals surface area contributed by atoms with Gasteiger partial charge in [-0.05, 0) is 69.9 Å². The molecule has 0 aromatic heterocycles. The Hall–Kier alpha value is -1.24. The molecule has 112 valence electrons. The van der Waals surface area contributed by atoms with E-state index in [1.807, 2.05) is 18.2 Å². The molecule has 2 fully saturated rings. The molecule has 0 radical (unpaired) electrons. The van der Waals surface area contributed by atoms with Crippen LogP contribution >= 0.6 is 11.6 Å². The van der Waals surface area contributed by atoms with E-state index in [9.17, 15) is 0 Å². The van der Waals surface area contributed by atoms with Crippen LogP contribution in [-0.2, 0) is 0 Å². The average molecular weight is 304 g/mol. The minimum Gasteiger partial charge on any atom is -0.368 e. The zero-order chi connectivity index (χ0) is 15.0. The molecule has 0 bridgehead atoms. The van der Waals surface area contributed by atoms with Crippen LogP contribution in [0.2, 0.25) is 5.02 Å². The number of nitriles is 1. The van der Waals surface area contributed by atoms with Crippen LogP contribution in [0.5, 0.6) is 0 Å². The lowest BCUT2D eigenvalue weighted by atomic mass is 9.77. The second-order valence-corrected chi connectivity index (χ2v) is 7.17. The Morgan fingerprint density at radius 2 is 2.05 bits per heavy atom. The molecule has 2 aliphatic rings. The fourth-order valence-electron chi connectivity index (χ4n) is 3.89. The molecule has 0 N–H and O–H groups in total. The van der Waals surface area contributed by atoms with Gasteiger partial charge in [0.05, 0.1) is 10.6 Å². The Bertz CT molecular complexity index is 570. The SMILES string of the molecule is C[C@H]1CC2(CCN(C)CC2)CN1c1ccc(C#N)c(Cl)c1. The molecule has 3 rings (SSSR count). The maximum absolute atomic E-state index is 9.00.